The molecule has 3 aliphatic rings. The molecule has 0 aliphatic heterocycles. The average molecular weight is 462 g/mol. The number of hydrogen-bond donors (Lipinski definition) is 1. The number of aliphatic hydroxyl groups is 1. The summed E-state index contributed by atoms with van der Waals surface area (Å²) in [5, 5.41) is 21.2. The predicted molar refractivity (Wildman–Crippen MR) is 131 cm³/mol. The van der Waals surface area contributed by atoms with Crippen LogP contribution in [0.2, 0.25) is 0 Å². The van der Waals surface area contributed by atoms with E-state index < -0.39 is 5.60 Å². The second kappa shape index (κ2) is 9.00. The van der Waals surface area contributed by atoms with Gasteiger partial charge in [0.25, 0.3) is 0 Å². The molecule has 0 bridgehead atoms. The Hall–Kier alpha value is -2.38. The molecule has 2 fully saturated rings. The second-order valence-electron chi connectivity index (χ2n) is 11.1. The van der Waals surface area contributed by atoms with Crippen molar-refractivity contribution < 1.29 is 14.2 Å². The lowest BCUT2D eigenvalue weighted by Gasteiger charge is -2.53. The van der Waals surface area contributed by atoms with E-state index in [1.54, 1.807) is 6.07 Å². The Kier molecular flexibility index (Phi) is 6.19. The highest BCUT2D eigenvalue weighted by atomic mass is 19.1. The number of unbranched alkanes of at least 4 members (excludes halogenated alkanes) is 1. The summed E-state index contributed by atoms with van der Waals surface area (Å²) in [4.78, 5) is 0. The standard InChI is InChI=1S/C30H36FNO2/c1-3-4-17-34-22-8-5-20(6-9-22)18-30(33)16-14-27-25-11-12-26-23(10-7-21(19-32)28(26)31)24(25)13-15-29(27,30)2/h5-10,24-25,27,33H,3-4,11-18H2,1-2H3/t24?,25?,27?,29-,30+/m0/s1. The second-order valence-corrected chi connectivity index (χ2v) is 11.1. The van der Waals surface area contributed by atoms with Crippen LogP contribution >= 0.6 is 0 Å². The van der Waals surface area contributed by atoms with E-state index in [4.69, 9.17) is 4.74 Å². The maximum Gasteiger partial charge on any atom is 0.144 e. The van der Waals surface area contributed by atoms with E-state index in [0.29, 0.717) is 30.6 Å². The third kappa shape index (κ3) is 3.73. The van der Waals surface area contributed by atoms with E-state index >= 15 is 0 Å². The summed E-state index contributed by atoms with van der Waals surface area (Å²) < 4.78 is 20.7. The zero-order valence-electron chi connectivity index (χ0n) is 20.4. The lowest BCUT2D eigenvalue weighted by atomic mass is 9.52. The first kappa shape index (κ1) is 23.4. The minimum absolute atomic E-state index is 0.132. The molecule has 34 heavy (non-hydrogen) atoms. The van der Waals surface area contributed by atoms with Gasteiger partial charge in [-0.1, -0.05) is 38.5 Å². The van der Waals surface area contributed by atoms with Gasteiger partial charge in [-0.25, -0.2) is 4.39 Å². The molecule has 3 aliphatic carbocycles. The van der Waals surface area contributed by atoms with E-state index in [0.717, 1.165) is 74.0 Å². The number of nitrogens with zero attached hydrogens (tertiary/aromatic N) is 1. The quantitative estimate of drug-likeness (QED) is 0.487. The van der Waals surface area contributed by atoms with Gasteiger partial charge in [0, 0.05) is 6.42 Å². The lowest BCUT2D eigenvalue weighted by molar-refractivity contribution is -0.102. The predicted octanol–water partition coefficient (Wildman–Crippen LogP) is 6.71. The van der Waals surface area contributed by atoms with Gasteiger partial charge in [0.1, 0.15) is 17.6 Å². The number of benzene rings is 2. The SMILES string of the molecule is CCCCOc1ccc(C[C@]2(O)CCC3C4CCc5c(ccc(C#N)c5F)C4CC[C@@]32C)cc1. The van der Waals surface area contributed by atoms with E-state index in [-0.39, 0.29) is 16.8 Å². The van der Waals surface area contributed by atoms with Crippen LogP contribution in [0.4, 0.5) is 4.39 Å². The molecule has 180 valence electrons. The van der Waals surface area contributed by atoms with Crippen LogP contribution in [0, 0.1) is 34.4 Å². The van der Waals surface area contributed by atoms with Gasteiger partial charge in [-0.15, -0.1) is 0 Å². The van der Waals surface area contributed by atoms with Gasteiger partial charge in [-0.2, -0.15) is 5.26 Å². The smallest absolute Gasteiger partial charge is 0.144 e. The van der Waals surface area contributed by atoms with Crippen LogP contribution in [-0.2, 0) is 12.8 Å². The van der Waals surface area contributed by atoms with Crippen LogP contribution in [0.25, 0.3) is 0 Å². The van der Waals surface area contributed by atoms with E-state index in [1.165, 1.54) is 0 Å². The fourth-order valence-corrected chi connectivity index (χ4v) is 7.49. The maximum atomic E-state index is 14.9. The third-order valence-electron chi connectivity index (χ3n) is 9.47. The first-order valence-electron chi connectivity index (χ1n) is 13.1. The molecule has 2 aromatic rings. The van der Waals surface area contributed by atoms with Crippen molar-refractivity contribution in [2.45, 2.75) is 83.2 Å². The largest absolute Gasteiger partial charge is 0.494 e. The van der Waals surface area contributed by atoms with Crippen molar-refractivity contribution in [2.75, 3.05) is 6.61 Å². The van der Waals surface area contributed by atoms with Gasteiger partial charge in [0.2, 0.25) is 0 Å². The lowest BCUT2D eigenvalue weighted by Crippen LogP contribution is -2.52. The van der Waals surface area contributed by atoms with Crippen LogP contribution in [-0.4, -0.2) is 17.3 Å². The molecular formula is C30H36FNO2. The third-order valence-corrected chi connectivity index (χ3v) is 9.47. The van der Waals surface area contributed by atoms with Crippen molar-refractivity contribution in [1.29, 1.82) is 5.26 Å². The van der Waals surface area contributed by atoms with Gasteiger partial charge in [0.05, 0.1) is 17.8 Å². The van der Waals surface area contributed by atoms with Crippen LogP contribution in [0.15, 0.2) is 36.4 Å². The maximum absolute atomic E-state index is 14.9. The summed E-state index contributed by atoms with van der Waals surface area (Å²) in [6, 6.07) is 13.9. The Balaban J connectivity index is 1.34. The fourth-order valence-electron chi connectivity index (χ4n) is 7.49. The molecule has 1 N–H and O–H groups in total. The summed E-state index contributed by atoms with van der Waals surface area (Å²) in [5.41, 5.74) is 2.35. The molecule has 5 rings (SSSR count). The van der Waals surface area contributed by atoms with Crippen molar-refractivity contribution >= 4 is 0 Å². The topological polar surface area (TPSA) is 53.2 Å². The van der Waals surface area contributed by atoms with E-state index in [9.17, 15) is 14.8 Å². The molecule has 0 amide bonds. The summed E-state index contributed by atoms with van der Waals surface area (Å²) >= 11 is 0. The highest BCUT2D eigenvalue weighted by Gasteiger charge is 2.61. The molecule has 0 aromatic heterocycles. The molecule has 2 aromatic carbocycles. The van der Waals surface area contributed by atoms with Gasteiger partial charge in [-0.3, -0.25) is 0 Å². The number of nitriles is 1. The van der Waals surface area contributed by atoms with Crippen molar-refractivity contribution in [3.05, 3.63) is 64.5 Å². The normalized spacial score (nSPS) is 31.8. The van der Waals surface area contributed by atoms with Crippen molar-refractivity contribution in [3.8, 4) is 11.8 Å². The summed E-state index contributed by atoms with van der Waals surface area (Å²) in [6.07, 6.45) is 8.27. The Morgan fingerprint density at radius 1 is 1.12 bits per heavy atom. The van der Waals surface area contributed by atoms with E-state index in [1.807, 2.05) is 24.3 Å². The summed E-state index contributed by atoms with van der Waals surface area (Å²) in [7, 11) is 0. The average Bonchev–Trinajstić information content (AvgIpc) is 3.11. The fraction of sp³-hybridized carbons (Fsp3) is 0.567. The molecule has 5 atom stereocenters. The molecule has 0 saturated heterocycles. The van der Waals surface area contributed by atoms with E-state index in [2.05, 4.69) is 26.0 Å². The summed E-state index contributed by atoms with van der Waals surface area (Å²) in [5.74, 6) is 1.84. The van der Waals surface area contributed by atoms with Gasteiger partial charge in [0.15, 0.2) is 0 Å². The van der Waals surface area contributed by atoms with Gasteiger partial charge in [-0.05, 0) is 103 Å². The molecule has 0 radical (unpaired) electrons. The van der Waals surface area contributed by atoms with Crippen molar-refractivity contribution in [1.82, 2.24) is 0 Å². The van der Waals surface area contributed by atoms with Crippen LogP contribution < -0.4 is 4.74 Å². The number of fused-ring (bicyclic) bond motifs is 5. The highest BCUT2D eigenvalue weighted by Crippen LogP contribution is 2.65. The first-order valence-corrected chi connectivity index (χ1v) is 13.1. The number of hydrogen-bond acceptors (Lipinski definition) is 3. The number of rotatable bonds is 6. The monoisotopic (exact) mass is 461 g/mol. The molecule has 3 nitrogen and oxygen atoms in total. The molecule has 4 heteroatoms. The Labute approximate surface area is 203 Å². The Morgan fingerprint density at radius 3 is 2.65 bits per heavy atom. The number of ether oxygens (including phenoxy) is 1. The zero-order valence-corrected chi connectivity index (χ0v) is 20.4. The van der Waals surface area contributed by atoms with Gasteiger partial charge < -0.3 is 9.84 Å². The molecule has 0 heterocycles. The van der Waals surface area contributed by atoms with Gasteiger partial charge >= 0.3 is 0 Å². The van der Waals surface area contributed by atoms with Crippen molar-refractivity contribution in [2.24, 2.45) is 17.3 Å². The zero-order chi connectivity index (χ0) is 23.9. The molecular weight excluding hydrogens is 425 g/mol. The van der Waals surface area contributed by atoms with Crippen LogP contribution in [0.1, 0.15) is 87.0 Å². The molecule has 3 unspecified atom stereocenters. The Bertz CT molecular complexity index is 1090. The minimum atomic E-state index is -0.719. The van der Waals surface area contributed by atoms with Crippen LogP contribution in [0.5, 0.6) is 5.75 Å². The molecule has 0 spiro atoms. The minimum Gasteiger partial charge on any atom is -0.494 e. The van der Waals surface area contributed by atoms with Crippen LogP contribution in [0.3, 0.4) is 0 Å². The number of halogens is 1. The first-order chi connectivity index (χ1) is 16.4. The Morgan fingerprint density at radius 2 is 1.91 bits per heavy atom. The molecule has 2 saturated carbocycles. The van der Waals surface area contributed by atoms with Crippen molar-refractivity contribution in [3.63, 3.8) is 0 Å². The summed E-state index contributed by atoms with van der Waals surface area (Å²) in [6.45, 7) is 5.20. The highest BCUT2D eigenvalue weighted by molar-refractivity contribution is 5.44.